The fraction of sp³-hybridized carbons (Fsp3) is 0.130. The number of carbonyl (C=O) groups is 1. The molecule has 2 aromatic carbocycles. The molecule has 4 rings (SSSR count). The number of H-pyrrole nitrogens is 1. The number of nitrogens with zero attached hydrogens (tertiary/aromatic N) is 1. The van der Waals surface area contributed by atoms with Crippen LogP contribution in [0.2, 0.25) is 0 Å². The molecule has 30 heavy (non-hydrogen) atoms. The van der Waals surface area contributed by atoms with Crippen LogP contribution in [0.5, 0.6) is 11.5 Å². The van der Waals surface area contributed by atoms with Crippen molar-refractivity contribution in [3.63, 3.8) is 0 Å². The number of hydrogen-bond acceptors (Lipinski definition) is 5. The second-order valence-corrected chi connectivity index (χ2v) is 7.59. The van der Waals surface area contributed by atoms with Crippen LogP contribution in [0.25, 0.3) is 10.9 Å². The quantitative estimate of drug-likeness (QED) is 0.500. The molecule has 7 heteroatoms. The number of pyridine rings is 1. The first-order valence-corrected chi connectivity index (χ1v) is 10.2. The molecule has 0 spiro atoms. The lowest BCUT2D eigenvalue weighted by Crippen LogP contribution is -2.32. The zero-order chi connectivity index (χ0) is 21.1. The first kappa shape index (κ1) is 19.7. The first-order valence-electron chi connectivity index (χ1n) is 9.28. The average molecular weight is 420 g/mol. The smallest absolute Gasteiger partial charge is 0.268 e. The van der Waals surface area contributed by atoms with Crippen molar-refractivity contribution in [2.24, 2.45) is 0 Å². The van der Waals surface area contributed by atoms with Crippen molar-refractivity contribution in [1.29, 1.82) is 0 Å². The number of aromatic nitrogens is 1. The molecule has 0 unspecified atom stereocenters. The maximum absolute atomic E-state index is 13.2. The van der Waals surface area contributed by atoms with Gasteiger partial charge >= 0.3 is 0 Å². The molecule has 6 nitrogen and oxygen atoms in total. The minimum atomic E-state index is -0.242. The largest absolute Gasteiger partial charge is 0.497 e. The molecule has 1 amide bonds. The molecule has 152 valence electrons. The van der Waals surface area contributed by atoms with Gasteiger partial charge in [-0.3, -0.25) is 9.59 Å². The number of fused-ring (bicyclic) bond motifs is 1. The number of aromatic amines is 1. The Hall–Kier alpha value is -3.58. The first-order chi connectivity index (χ1) is 14.6. The van der Waals surface area contributed by atoms with E-state index in [0.29, 0.717) is 33.1 Å². The summed E-state index contributed by atoms with van der Waals surface area (Å²) in [5.74, 6) is 1.20. The van der Waals surface area contributed by atoms with Gasteiger partial charge in [0.25, 0.3) is 11.5 Å². The lowest BCUT2D eigenvalue weighted by atomic mass is 10.1. The van der Waals surface area contributed by atoms with E-state index in [2.05, 4.69) is 4.98 Å². The summed E-state index contributed by atoms with van der Waals surface area (Å²) in [5, 5.41) is 2.72. The molecule has 1 N–H and O–H groups in total. The molecule has 0 aliphatic heterocycles. The van der Waals surface area contributed by atoms with Crippen LogP contribution in [-0.2, 0) is 6.54 Å². The van der Waals surface area contributed by atoms with Crippen molar-refractivity contribution in [2.45, 2.75) is 6.54 Å². The Bertz CT molecular complexity index is 1230. The zero-order valence-electron chi connectivity index (χ0n) is 16.5. The van der Waals surface area contributed by atoms with E-state index in [-0.39, 0.29) is 18.0 Å². The van der Waals surface area contributed by atoms with Crippen LogP contribution in [0.4, 0.5) is 5.69 Å². The second kappa shape index (κ2) is 8.42. The van der Waals surface area contributed by atoms with Crippen LogP contribution < -0.4 is 19.9 Å². The Kier molecular flexibility index (Phi) is 5.54. The lowest BCUT2D eigenvalue weighted by molar-refractivity contribution is 0.0989. The number of rotatable bonds is 6. The highest BCUT2D eigenvalue weighted by atomic mass is 32.1. The van der Waals surface area contributed by atoms with Crippen LogP contribution in [0.3, 0.4) is 0 Å². The van der Waals surface area contributed by atoms with Gasteiger partial charge in [0.1, 0.15) is 11.5 Å². The summed E-state index contributed by atoms with van der Waals surface area (Å²) in [6.07, 6.45) is 0. The Labute approximate surface area is 177 Å². The summed E-state index contributed by atoms with van der Waals surface area (Å²) in [4.78, 5) is 31.1. The maximum Gasteiger partial charge on any atom is 0.268 e. The summed E-state index contributed by atoms with van der Waals surface area (Å²) >= 11 is 1.37. The molecule has 4 aromatic rings. The van der Waals surface area contributed by atoms with E-state index in [9.17, 15) is 9.59 Å². The maximum atomic E-state index is 13.2. The van der Waals surface area contributed by atoms with Gasteiger partial charge in [-0.1, -0.05) is 6.07 Å². The molecule has 0 bridgehead atoms. The topological polar surface area (TPSA) is 71.6 Å². The zero-order valence-corrected chi connectivity index (χ0v) is 17.4. The van der Waals surface area contributed by atoms with Gasteiger partial charge in [0.05, 0.1) is 31.2 Å². The van der Waals surface area contributed by atoms with Crippen LogP contribution in [-0.4, -0.2) is 25.1 Å². The minimum Gasteiger partial charge on any atom is -0.497 e. The standard InChI is InChI=1S/C23H20N2O4S/c1-28-18-9-6-17(7-10-18)25(23(27)21-4-3-11-30-21)14-16-12-15-5-8-19(29-2)13-20(15)24-22(16)26/h3-13H,14H2,1-2H3,(H,24,26). The van der Waals surface area contributed by atoms with Crippen LogP contribution >= 0.6 is 11.3 Å². The fourth-order valence-corrected chi connectivity index (χ4v) is 3.89. The fourth-order valence-electron chi connectivity index (χ4n) is 3.22. The highest BCUT2D eigenvalue weighted by molar-refractivity contribution is 7.12. The van der Waals surface area contributed by atoms with Gasteiger partial charge in [-0.15, -0.1) is 11.3 Å². The Morgan fingerprint density at radius 1 is 1.00 bits per heavy atom. The number of thiophene rings is 1. The van der Waals surface area contributed by atoms with Gasteiger partial charge in [-0.25, -0.2) is 0 Å². The lowest BCUT2D eigenvalue weighted by Gasteiger charge is -2.22. The van der Waals surface area contributed by atoms with Gasteiger partial charge in [0.15, 0.2) is 0 Å². The molecule has 2 heterocycles. The number of amides is 1. The molecule has 0 atom stereocenters. The molecule has 0 saturated carbocycles. The summed E-state index contributed by atoms with van der Waals surface area (Å²) in [7, 11) is 3.17. The third-order valence-corrected chi connectivity index (χ3v) is 5.68. The van der Waals surface area contributed by atoms with Crippen molar-refractivity contribution in [3.05, 3.63) is 86.8 Å². The van der Waals surface area contributed by atoms with Gasteiger partial charge in [-0.2, -0.15) is 0 Å². The van der Waals surface area contributed by atoms with Gasteiger partial charge in [-0.05, 0) is 59.3 Å². The third-order valence-electron chi connectivity index (χ3n) is 4.82. The minimum absolute atomic E-state index is 0.139. The molecule has 0 aliphatic rings. The predicted octanol–water partition coefficient (Wildman–Crippen LogP) is 4.45. The highest BCUT2D eigenvalue weighted by Crippen LogP contribution is 2.25. The van der Waals surface area contributed by atoms with Gasteiger partial charge in [0.2, 0.25) is 0 Å². The van der Waals surface area contributed by atoms with Gasteiger partial charge in [0, 0.05) is 17.3 Å². The van der Waals surface area contributed by atoms with E-state index in [1.807, 2.05) is 41.8 Å². The third kappa shape index (κ3) is 3.92. The van der Waals surface area contributed by atoms with E-state index in [1.165, 1.54) is 11.3 Å². The Morgan fingerprint density at radius 2 is 1.73 bits per heavy atom. The molecular formula is C23H20N2O4S. The van der Waals surface area contributed by atoms with Crippen molar-refractivity contribution >= 4 is 33.8 Å². The molecule has 0 aliphatic carbocycles. The molecule has 0 radical (unpaired) electrons. The van der Waals surface area contributed by atoms with Crippen molar-refractivity contribution in [1.82, 2.24) is 4.98 Å². The number of carbonyl (C=O) groups excluding carboxylic acids is 1. The Balaban J connectivity index is 1.74. The second-order valence-electron chi connectivity index (χ2n) is 6.64. The van der Waals surface area contributed by atoms with Crippen molar-refractivity contribution in [3.8, 4) is 11.5 Å². The number of hydrogen-bond donors (Lipinski definition) is 1. The van der Waals surface area contributed by atoms with Crippen LogP contribution in [0.1, 0.15) is 15.2 Å². The normalized spacial score (nSPS) is 10.7. The summed E-state index contributed by atoms with van der Waals surface area (Å²) in [6, 6.07) is 18.1. The summed E-state index contributed by atoms with van der Waals surface area (Å²) < 4.78 is 10.4. The highest BCUT2D eigenvalue weighted by Gasteiger charge is 2.21. The van der Waals surface area contributed by atoms with E-state index in [1.54, 1.807) is 43.4 Å². The monoisotopic (exact) mass is 420 g/mol. The molecule has 0 fully saturated rings. The molecular weight excluding hydrogens is 400 g/mol. The van der Waals surface area contributed by atoms with Crippen LogP contribution in [0.15, 0.2) is 70.8 Å². The van der Waals surface area contributed by atoms with E-state index in [4.69, 9.17) is 9.47 Å². The van der Waals surface area contributed by atoms with E-state index >= 15 is 0 Å². The van der Waals surface area contributed by atoms with Crippen molar-refractivity contribution < 1.29 is 14.3 Å². The summed E-state index contributed by atoms with van der Waals surface area (Å²) in [5.41, 5.74) is 1.62. The molecule has 2 aromatic heterocycles. The van der Waals surface area contributed by atoms with E-state index in [0.717, 1.165) is 5.39 Å². The SMILES string of the molecule is COc1ccc(N(Cc2cc3ccc(OC)cc3[nH]c2=O)C(=O)c2cccs2)cc1. The number of ether oxygens (including phenoxy) is 2. The van der Waals surface area contributed by atoms with Crippen molar-refractivity contribution in [2.75, 3.05) is 19.1 Å². The number of benzene rings is 2. The molecule has 0 saturated heterocycles. The summed E-state index contributed by atoms with van der Waals surface area (Å²) in [6.45, 7) is 0.139. The van der Waals surface area contributed by atoms with Gasteiger partial charge < -0.3 is 19.4 Å². The Morgan fingerprint density at radius 3 is 2.40 bits per heavy atom. The van der Waals surface area contributed by atoms with Crippen LogP contribution in [0, 0.1) is 0 Å². The van der Waals surface area contributed by atoms with E-state index < -0.39 is 0 Å². The number of methoxy groups -OCH3 is 2. The number of nitrogens with one attached hydrogen (secondary N) is 1. The average Bonchev–Trinajstić information content (AvgIpc) is 3.32. The predicted molar refractivity (Wildman–Crippen MR) is 119 cm³/mol. The number of anilines is 1.